The van der Waals surface area contributed by atoms with E-state index in [-0.39, 0.29) is 5.91 Å². The van der Waals surface area contributed by atoms with Crippen molar-refractivity contribution in [3.05, 3.63) is 33.8 Å². The van der Waals surface area contributed by atoms with Crippen molar-refractivity contribution in [2.24, 2.45) is 0 Å². The van der Waals surface area contributed by atoms with Gasteiger partial charge in [0.25, 0.3) is 0 Å². The van der Waals surface area contributed by atoms with Crippen LogP contribution >= 0.6 is 15.9 Å². The molecule has 0 aliphatic carbocycles. The Bertz CT molecular complexity index is 530. The third-order valence-electron chi connectivity index (χ3n) is 3.71. The minimum absolute atomic E-state index is 0.0597. The number of hydrogen-bond donors (Lipinski definition) is 1. The molecule has 1 amide bonds. The Labute approximate surface area is 126 Å². The number of nitrogens with zero attached hydrogens (tertiary/aromatic N) is 1. The summed E-state index contributed by atoms with van der Waals surface area (Å²) in [5, 5.41) is 9.09. The van der Waals surface area contributed by atoms with Crippen LogP contribution in [0.15, 0.2) is 22.7 Å². The van der Waals surface area contributed by atoms with Gasteiger partial charge in [-0.2, -0.15) is 0 Å². The van der Waals surface area contributed by atoms with Crippen LogP contribution in [0.1, 0.15) is 30.4 Å². The number of halogens is 1. The first kappa shape index (κ1) is 15.0. The molecule has 0 aromatic heterocycles. The van der Waals surface area contributed by atoms with Crippen molar-refractivity contribution >= 4 is 27.8 Å². The third-order valence-corrected chi connectivity index (χ3v) is 4.60. The van der Waals surface area contributed by atoms with Crippen molar-refractivity contribution in [2.45, 2.75) is 38.6 Å². The summed E-state index contributed by atoms with van der Waals surface area (Å²) in [6.45, 7) is 2.57. The Morgan fingerprint density at radius 3 is 2.85 bits per heavy atom. The summed E-state index contributed by atoms with van der Waals surface area (Å²) in [6, 6.07) is 5.39. The third kappa shape index (κ3) is 3.39. The van der Waals surface area contributed by atoms with Gasteiger partial charge < -0.3 is 10.0 Å². The molecule has 2 rings (SSSR count). The van der Waals surface area contributed by atoms with Crippen molar-refractivity contribution in [1.29, 1.82) is 0 Å². The van der Waals surface area contributed by atoms with Crippen LogP contribution in [0.5, 0.6) is 0 Å². The molecule has 1 aliphatic heterocycles. The number of benzene rings is 1. The van der Waals surface area contributed by atoms with Crippen LogP contribution in [0, 0.1) is 6.92 Å². The molecule has 1 heterocycles. The standard InChI is InChI=1S/C15H18BrNO3/c1-10-9-11(4-6-12(10)16)5-7-14(18)17-8-2-3-13(17)15(19)20/h4,6,9,13H,2-3,5,7-8H2,1H3,(H,19,20)/t13-/m0/s1. The maximum atomic E-state index is 12.1. The van der Waals surface area contributed by atoms with Crippen LogP contribution in [-0.4, -0.2) is 34.5 Å². The molecule has 1 fully saturated rings. The number of aryl methyl sites for hydroxylation is 2. The number of likely N-dealkylation sites (tertiary alicyclic amines) is 1. The second-order valence-corrected chi connectivity index (χ2v) is 6.02. The van der Waals surface area contributed by atoms with Gasteiger partial charge in [0, 0.05) is 17.4 Å². The molecule has 1 aromatic rings. The number of carboxylic acids is 1. The lowest BCUT2D eigenvalue weighted by molar-refractivity contribution is -0.148. The molecule has 1 atom stereocenters. The maximum absolute atomic E-state index is 12.1. The highest BCUT2D eigenvalue weighted by atomic mass is 79.9. The quantitative estimate of drug-likeness (QED) is 0.917. The lowest BCUT2D eigenvalue weighted by atomic mass is 10.1. The van der Waals surface area contributed by atoms with Crippen molar-refractivity contribution in [1.82, 2.24) is 4.90 Å². The normalized spacial score (nSPS) is 18.3. The highest BCUT2D eigenvalue weighted by molar-refractivity contribution is 9.10. The van der Waals surface area contributed by atoms with Crippen LogP contribution in [-0.2, 0) is 16.0 Å². The lowest BCUT2D eigenvalue weighted by Crippen LogP contribution is -2.40. The molecule has 0 radical (unpaired) electrons. The Balaban J connectivity index is 1.94. The van der Waals surface area contributed by atoms with E-state index >= 15 is 0 Å². The highest BCUT2D eigenvalue weighted by Gasteiger charge is 2.33. The molecule has 20 heavy (non-hydrogen) atoms. The summed E-state index contributed by atoms with van der Waals surface area (Å²) in [6.07, 6.45) is 2.36. The lowest BCUT2D eigenvalue weighted by Gasteiger charge is -2.21. The Hall–Kier alpha value is -1.36. The second-order valence-electron chi connectivity index (χ2n) is 5.17. The van der Waals surface area contributed by atoms with Gasteiger partial charge in [-0.25, -0.2) is 4.79 Å². The topological polar surface area (TPSA) is 57.6 Å². The SMILES string of the molecule is Cc1cc(CCC(=O)N2CCC[C@H]2C(=O)O)ccc1Br. The average molecular weight is 340 g/mol. The molecule has 108 valence electrons. The van der Waals surface area contributed by atoms with Gasteiger partial charge in [-0.1, -0.05) is 28.1 Å². The van der Waals surface area contributed by atoms with E-state index in [4.69, 9.17) is 5.11 Å². The highest BCUT2D eigenvalue weighted by Crippen LogP contribution is 2.21. The van der Waals surface area contributed by atoms with Gasteiger partial charge in [0.2, 0.25) is 5.91 Å². The fraction of sp³-hybridized carbons (Fsp3) is 0.467. The van der Waals surface area contributed by atoms with Gasteiger partial charge >= 0.3 is 5.97 Å². The fourth-order valence-corrected chi connectivity index (χ4v) is 2.83. The average Bonchev–Trinajstić information content (AvgIpc) is 2.89. The van der Waals surface area contributed by atoms with Crippen LogP contribution in [0.3, 0.4) is 0 Å². The fourth-order valence-electron chi connectivity index (χ4n) is 2.58. The van der Waals surface area contributed by atoms with E-state index in [1.807, 2.05) is 19.1 Å². The van der Waals surface area contributed by atoms with Gasteiger partial charge in [-0.05, 0) is 43.4 Å². The van der Waals surface area contributed by atoms with Crippen LogP contribution < -0.4 is 0 Å². The monoisotopic (exact) mass is 339 g/mol. The maximum Gasteiger partial charge on any atom is 0.326 e. The van der Waals surface area contributed by atoms with Crippen molar-refractivity contribution in [3.63, 3.8) is 0 Å². The molecular formula is C15H18BrNO3. The number of rotatable bonds is 4. The molecule has 0 bridgehead atoms. The molecule has 1 aliphatic rings. The second kappa shape index (κ2) is 6.39. The molecule has 4 nitrogen and oxygen atoms in total. The zero-order valence-electron chi connectivity index (χ0n) is 11.4. The van der Waals surface area contributed by atoms with Gasteiger partial charge in [0.05, 0.1) is 0 Å². The van der Waals surface area contributed by atoms with E-state index in [9.17, 15) is 9.59 Å². The Morgan fingerprint density at radius 2 is 2.20 bits per heavy atom. The Kier molecular flexibility index (Phi) is 4.81. The van der Waals surface area contributed by atoms with E-state index in [0.717, 1.165) is 22.0 Å². The number of aliphatic carboxylic acids is 1. The first-order valence-corrected chi connectivity index (χ1v) is 7.55. The number of carbonyl (C=O) groups excluding carboxylic acids is 1. The van der Waals surface area contributed by atoms with Gasteiger partial charge in [0.15, 0.2) is 0 Å². The van der Waals surface area contributed by atoms with Crippen molar-refractivity contribution in [3.8, 4) is 0 Å². The van der Waals surface area contributed by atoms with Crippen LogP contribution in [0.4, 0.5) is 0 Å². The zero-order valence-corrected chi connectivity index (χ0v) is 13.0. The molecule has 1 aromatic carbocycles. The van der Waals surface area contributed by atoms with Crippen molar-refractivity contribution < 1.29 is 14.7 Å². The van der Waals surface area contributed by atoms with E-state index in [2.05, 4.69) is 22.0 Å². The van der Waals surface area contributed by atoms with Crippen molar-refractivity contribution in [2.75, 3.05) is 6.54 Å². The summed E-state index contributed by atoms with van der Waals surface area (Å²) < 4.78 is 1.05. The van der Waals surface area contributed by atoms with E-state index in [1.165, 1.54) is 4.90 Å². The molecule has 0 unspecified atom stereocenters. The molecular weight excluding hydrogens is 322 g/mol. The Morgan fingerprint density at radius 1 is 1.45 bits per heavy atom. The smallest absolute Gasteiger partial charge is 0.326 e. The first-order chi connectivity index (χ1) is 9.49. The van der Waals surface area contributed by atoms with E-state index < -0.39 is 12.0 Å². The summed E-state index contributed by atoms with van der Waals surface area (Å²) in [4.78, 5) is 24.7. The largest absolute Gasteiger partial charge is 0.480 e. The molecule has 0 spiro atoms. The predicted octanol–water partition coefficient (Wildman–Crippen LogP) is 2.77. The van der Waals surface area contributed by atoms with E-state index in [1.54, 1.807) is 0 Å². The van der Waals surface area contributed by atoms with Crippen LogP contribution in [0.2, 0.25) is 0 Å². The van der Waals surface area contributed by atoms with E-state index in [0.29, 0.717) is 25.8 Å². The number of carboxylic acid groups (broad SMARTS) is 1. The number of amides is 1. The molecule has 1 saturated heterocycles. The summed E-state index contributed by atoms with van der Waals surface area (Å²) in [7, 11) is 0. The predicted molar refractivity (Wildman–Crippen MR) is 79.6 cm³/mol. The minimum Gasteiger partial charge on any atom is -0.480 e. The van der Waals surface area contributed by atoms with Gasteiger partial charge in [0.1, 0.15) is 6.04 Å². The molecule has 1 N–H and O–H groups in total. The summed E-state index contributed by atoms with van der Waals surface area (Å²) >= 11 is 3.45. The van der Waals surface area contributed by atoms with Gasteiger partial charge in [-0.15, -0.1) is 0 Å². The zero-order chi connectivity index (χ0) is 14.7. The molecule has 0 saturated carbocycles. The minimum atomic E-state index is -0.893. The van der Waals surface area contributed by atoms with Gasteiger partial charge in [-0.3, -0.25) is 4.79 Å². The summed E-state index contributed by atoms with van der Waals surface area (Å²) in [5.74, 6) is -0.953. The van der Waals surface area contributed by atoms with Crippen LogP contribution in [0.25, 0.3) is 0 Å². The molecule has 5 heteroatoms. The number of carbonyl (C=O) groups is 2. The first-order valence-electron chi connectivity index (χ1n) is 6.76. The number of hydrogen-bond acceptors (Lipinski definition) is 2. The summed E-state index contributed by atoms with van der Waals surface area (Å²) in [5.41, 5.74) is 2.24.